The van der Waals surface area contributed by atoms with Crippen molar-refractivity contribution in [2.24, 2.45) is 0 Å². The Hall–Kier alpha value is -2.83. The number of ether oxygens (including phenoxy) is 1. The molecule has 0 amide bonds. The molecular weight excluding hydrogens is 396 g/mol. The predicted octanol–water partition coefficient (Wildman–Crippen LogP) is 1.32. The van der Waals surface area contributed by atoms with Gasteiger partial charge in [-0.05, 0) is 36.2 Å². The van der Waals surface area contributed by atoms with Crippen LogP contribution in [0.2, 0.25) is 0 Å². The molecule has 2 aliphatic rings. The Morgan fingerprint density at radius 1 is 1.10 bits per heavy atom. The molecule has 0 unspecified atom stereocenters. The summed E-state index contributed by atoms with van der Waals surface area (Å²) < 4.78 is 5.10. The van der Waals surface area contributed by atoms with Crippen molar-refractivity contribution in [3.05, 3.63) is 64.0 Å². The third kappa shape index (κ3) is 4.60. The predicted molar refractivity (Wildman–Crippen MR) is 112 cm³/mol. The highest BCUT2D eigenvalue weighted by molar-refractivity contribution is 5.93. The fraction of sp³-hybridized carbons (Fsp3) is 0.435. The zero-order valence-corrected chi connectivity index (χ0v) is 17.5. The van der Waals surface area contributed by atoms with Gasteiger partial charge in [-0.2, -0.15) is 5.26 Å². The van der Waals surface area contributed by atoms with Crippen LogP contribution in [0.25, 0.3) is 0 Å². The molecule has 1 aromatic heterocycles. The summed E-state index contributed by atoms with van der Waals surface area (Å²) in [6.45, 7) is 6.34. The number of pyridine rings is 1. The zero-order valence-electron chi connectivity index (χ0n) is 17.5. The SMILES string of the molecule is Cc1c([C@H](O)CN2CCN(C[C@H](O)c3ccc(C#N)cn3)CC2)ccc2c1COC2=O. The van der Waals surface area contributed by atoms with E-state index in [4.69, 9.17) is 10.00 Å². The Bertz CT molecular complexity index is 994. The van der Waals surface area contributed by atoms with Crippen LogP contribution in [0.1, 0.15) is 50.5 Å². The molecule has 1 saturated heterocycles. The van der Waals surface area contributed by atoms with Crippen molar-refractivity contribution in [2.75, 3.05) is 39.3 Å². The molecule has 2 N–H and O–H groups in total. The quantitative estimate of drug-likeness (QED) is 0.671. The van der Waals surface area contributed by atoms with Crippen LogP contribution in [-0.2, 0) is 11.3 Å². The second kappa shape index (κ2) is 9.12. The van der Waals surface area contributed by atoms with E-state index >= 15 is 0 Å². The first-order valence-electron chi connectivity index (χ1n) is 10.4. The number of esters is 1. The molecule has 0 bridgehead atoms. The standard InChI is InChI=1S/C23H26N4O4/c1-15-17(3-4-18-19(15)14-31-23(18)30)21(28)12-26-6-8-27(9-7-26)13-22(29)20-5-2-16(10-24)11-25-20/h2-5,11,21-22,28-29H,6-9,12-14H2,1H3/t21-,22+/m1/s1. The van der Waals surface area contributed by atoms with Gasteiger partial charge in [-0.1, -0.05) is 6.07 Å². The molecule has 0 spiro atoms. The van der Waals surface area contributed by atoms with Gasteiger partial charge in [0.25, 0.3) is 0 Å². The van der Waals surface area contributed by atoms with Gasteiger partial charge in [-0.25, -0.2) is 4.79 Å². The maximum absolute atomic E-state index is 11.7. The number of nitrogens with zero attached hydrogens (tertiary/aromatic N) is 4. The highest BCUT2D eigenvalue weighted by atomic mass is 16.5. The number of β-amino-alcohol motifs (C(OH)–C–C–N with tert-alkyl or cyclic N) is 2. The van der Waals surface area contributed by atoms with Gasteiger partial charge in [0.15, 0.2) is 0 Å². The average Bonchev–Trinajstić information content (AvgIpc) is 3.17. The minimum absolute atomic E-state index is 0.273. The first-order chi connectivity index (χ1) is 15.0. The van der Waals surface area contributed by atoms with Crippen molar-refractivity contribution in [1.82, 2.24) is 14.8 Å². The Morgan fingerprint density at radius 2 is 1.77 bits per heavy atom. The molecule has 8 heteroatoms. The number of aliphatic hydroxyl groups is 2. The van der Waals surface area contributed by atoms with Gasteiger partial charge >= 0.3 is 5.97 Å². The number of hydrogen-bond acceptors (Lipinski definition) is 8. The first-order valence-corrected chi connectivity index (χ1v) is 10.4. The molecule has 2 atom stereocenters. The topological polar surface area (TPSA) is 110 Å². The van der Waals surface area contributed by atoms with E-state index in [1.807, 2.05) is 19.1 Å². The number of hydrogen-bond donors (Lipinski definition) is 2. The van der Waals surface area contributed by atoms with Crippen LogP contribution in [0.3, 0.4) is 0 Å². The molecule has 2 aromatic rings. The van der Waals surface area contributed by atoms with Crippen LogP contribution in [-0.4, -0.2) is 70.2 Å². The van der Waals surface area contributed by atoms with Gasteiger partial charge in [0, 0.05) is 51.0 Å². The van der Waals surface area contributed by atoms with Gasteiger partial charge in [-0.3, -0.25) is 14.8 Å². The Balaban J connectivity index is 1.29. The van der Waals surface area contributed by atoms with E-state index in [0.717, 1.165) is 42.9 Å². The van der Waals surface area contributed by atoms with E-state index < -0.39 is 12.2 Å². The van der Waals surface area contributed by atoms with Crippen LogP contribution in [0.4, 0.5) is 0 Å². The molecule has 3 heterocycles. The van der Waals surface area contributed by atoms with Crippen molar-refractivity contribution in [1.29, 1.82) is 5.26 Å². The van der Waals surface area contributed by atoms with Crippen molar-refractivity contribution >= 4 is 5.97 Å². The molecule has 0 saturated carbocycles. The molecular formula is C23H26N4O4. The third-order valence-electron chi connectivity index (χ3n) is 6.15. The van der Waals surface area contributed by atoms with E-state index in [0.29, 0.717) is 29.9 Å². The maximum Gasteiger partial charge on any atom is 0.338 e. The number of rotatable bonds is 6. The molecule has 4 rings (SSSR count). The number of carbonyl (C=O) groups excluding carboxylic acids is 1. The second-order valence-electron chi connectivity index (χ2n) is 8.10. The molecule has 2 aliphatic heterocycles. The van der Waals surface area contributed by atoms with Crippen molar-refractivity contribution in [3.63, 3.8) is 0 Å². The minimum Gasteiger partial charge on any atom is -0.457 e. The number of cyclic esters (lactones) is 1. The second-order valence-corrected chi connectivity index (χ2v) is 8.10. The number of benzene rings is 1. The highest BCUT2D eigenvalue weighted by Crippen LogP contribution is 2.29. The minimum atomic E-state index is -0.705. The summed E-state index contributed by atoms with van der Waals surface area (Å²) >= 11 is 0. The van der Waals surface area contributed by atoms with Crippen LogP contribution in [0.15, 0.2) is 30.5 Å². The largest absolute Gasteiger partial charge is 0.457 e. The first kappa shape index (κ1) is 21.4. The van der Waals surface area contributed by atoms with Gasteiger partial charge < -0.3 is 14.9 Å². The summed E-state index contributed by atoms with van der Waals surface area (Å²) in [5.41, 5.74) is 4.26. The van der Waals surface area contributed by atoms with Crippen LogP contribution < -0.4 is 0 Å². The summed E-state index contributed by atoms with van der Waals surface area (Å²) in [7, 11) is 0. The van der Waals surface area contributed by atoms with E-state index in [9.17, 15) is 15.0 Å². The lowest BCUT2D eigenvalue weighted by atomic mass is 9.95. The molecule has 1 aromatic carbocycles. The third-order valence-corrected chi connectivity index (χ3v) is 6.15. The lowest BCUT2D eigenvalue weighted by Gasteiger charge is -2.36. The number of fused-ring (bicyclic) bond motifs is 1. The number of aromatic nitrogens is 1. The fourth-order valence-electron chi connectivity index (χ4n) is 4.23. The van der Waals surface area contributed by atoms with Crippen LogP contribution in [0.5, 0.6) is 0 Å². The lowest BCUT2D eigenvalue weighted by Crippen LogP contribution is -2.48. The number of nitriles is 1. The molecule has 0 radical (unpaired) electrons. The van der Waals surface area contributed by atoms with E-state index in [1.54, 1.807) is 18.2 Å². The summed E-state index contributed by atoms with van der Waals surface area (Å²) in [5, 5.41) is 30.1. The Morgan fingerprint density at radius 3 is 2.39 bits per heavy atom. The van der Waals surface area contributed by atoms with Crippen LogP contribution in [0, 0.1) is 18.3 Å². The van der Waals surface area contributed by atoms with E-state index in [1.165, 1.54) is 6.20 Å². The number of aliphatic hydroxyl groups excluding tert-OH is 2. The molecule has 0 aliphatic carbocycles. The number of piperazine rings is 1. The maximum atomic E-state index is 11.7. The summed E-state index contributed by atoms with van der Waals surface area (Å²) in [4.78, 5) is 20.3. The smallest absolute Gasteiger partial charge is 0.338 e. The summed E-state index contributed by atoms with van der Waals surface area (Å²) in [5.74, 6) is -0.298. The van der Waals surface area contributed by atoms with Crippen molar-refractivity contribution in [2.45, 2.75) is 25.7 Å². The lowest BCUT2D eigenvalue weighted by molar-refractivity contribution is 0.0470. The summed E-state index contributed by atoms with van der Waals surface area (Å²) in [6.07, 6.45) is 0.130. The van der Waals surface area contributed by atoms with E-state index in [-0.39, 0.29) is 12.6 Å². The monoisotopic (exact) mass is 422 g/mol. The van der Waals surface area contributed by atoms with Crippen LogP contribution >= 0.6 is 0 Å². The molecule has 8 nitrogen and oxygen atoms in total. The van der Waals surface area contributed by atoms with E-state index in [2.05, 4.69) is 14.8 Å². The van der Waals surface area contributed by atoms with Gasteiger partial charge in [-0.15, -0.1) is 0 Å². The van der Waals surface area contributed by atoms with Gasteiger partial charge in [0.05, 0.1) is 22.9 Å². The Kier molecular flexibility index (Phi) is 6.30. The summed E-state index contributed by atoms with van der Waals surface area (Å²) in [6, 6.07) is 8.94. The number of carbonyl (C=O) groups is 1. The van der Waals surface area contributed by atoms with Gasteiger partial charge in [0.1, 0.15) is 18.8 Å². The fourth-order valence-corrected chi connectivity index (χ4v) is 4.23. The highest BCUT2D eigenvalue weighted by Gasteiger charge is 2.27. The average molecular weight is 422 g/mol. The van der Waals surface area contributed by atoms with Crippen molar-refractivity contribution in [3.8, 4) is 6.07 Å². The Labute approximate surface area is 181 Å². The normalized spacial score (nSPS) is 18.8. The van der Waals surface area contributed by atoms with Crippen molar-refractivity contribution < 1.29 is 19.7 Å². The van der Waals surface area contributed by atoms with Gasteiger partial charge in [0.2, 0.25) is 0 Å². The molecule has 1 fully saturated rings. The molecule has 162 valence electrons. The zero-order chi connectivity index (χ0) is 22.0. The molecule has 31 heavy (non-hydrogen) atoms.